The molecular formula is C25H25ClN6O4. The maximum Gasteiger partial charge on any atom is 0.281 e. The van der Waals surface area contributed by atoms with Gasteiger partial charge in [-0.1, -0.05) is 35.0 Å². The number of amides is 1. The number of rotatable bonds is 6. The number of nitrogens with zero attached hydrogens (tertiary/aromatic N) is 5. The molecule has 1 N–H and O–H groups in total. The number of piperidine rings is 1. The fourth-order valence-corrected chi connectivity index (χ4v) is 4.70. The molecule has 10 nitrogen and oxygen atoms in total. The molecule has 0 bridgehead atoms. The van der Waals surface area contributed by atoms with E-state index in [9.17, 15) is 9.59 Å². The number of likely N-dealkylation sites (tertiary alicyclic amines) is 1. The maximum atomic E-state index is 13.3. The monoisotopic (exact) mass is 508 g/mol. The van der Waals surface area contributed by atoms with E-state index in [1.165, 1.54) is 7.11 Å². The summed E-state index contributed by atoms with van der Waals surface area (Å²) in [7, 11) is 3.08. The highest BCUT2D eigenvalue weighted by Crippen LogP contribution is 2.30. The zero-order chi connectivity index (χ0) is 25.2. The van der Waals surface area contributed by atoms with Crippen LogP contribution in [0.1, 0.15) is 40.5 Å². The first kappa shape index (κ1) is 23.8. The highest BCUT2D eigenvalue weighted by atomic mass is 35.5. The fourth-order valence-electron chi connectivity index (χ4n) is 4.51. The lowest BCUT2D eigenvalue weighted by molar-refractivity contribution is 0.0704. The summed E-state index contributed by atoms with van der Waals surface area (Å²) < 4.78 is 12.2. The van der Waals surface area contributed by atoms with Gasteiger partial charge in [-0.2, -0.15) is 0 Å². The van der Waals surface area contributed by atoms with Crippen molar-refractivity contribution in [3.8, 4) is 11.5 Å². The van der Waals surface area contributed by atoms with Crippen LogP contribution in [0.4, 0.5) is 0 Å². The predicted molar refractivity (Wildman–Crippen MR) is 134 cm³/mol. The summed E-state index contributed by atoms with van der Waals surface area (Å²) >= 11 is 6.31. The zero-order valence-electron chi connectivity index (χ0n) is 19.9. The van der Waals surface area contributed by atoms with Crippen LogP contribution >= 0.6 is 11.6 Å². The summed E-state index contributed by atoms with van der Waals surface area (Å²) in [5.41, 5.74) is 1.55. The van der Waals surface area contributed by atoms with Gasteiger partial charge in [-0.25, -0.2) is 9.67 Å². The van der Waals surface area contributed by atoms with Gasteiger partial charge >= 0.3 is 0 Å². The minimum atomic E-state index is -0.358. The number of halogens is 1. The van der Waals surface area contributed by atoms with Gasteiger partial charge in [-0.05, 0) is 42.7 Å². The average molecular weight is 509 g/mol. The molecule has 36 heavy (non-hydrogen) atoms. The van der Waals surface area contributed by atoms with Gasteiger partial charge in [0.2, 0.25) is 0 Å². The van der Waals surface area contributed by atoms with Crippen LogP contribution in [-0.4, -0.2) is 63.1 Å². The van der Waals surface area contributed by atoms with Crippen LogP contribution in [0, 0.1) is 0 Å². The second kappa shape index (κ2) is 9.98. The van der Waals surface area contributed by atoms with E-state index < -0.39 is 0 Å². The van der Waals surface area contributed by atoms with Gasteiger partial charge in [0.05, 0.1) is 20.8 Å². The molecular weight excluding hydrogens is 484 g/mol. The number of benzene rings is 2. The van der Waals surface area contributed by atoms with Crippen LogP contribution in [0.5, 0.6) is 11.5 Å². The molecule has 3 heterocycles. The van der Waals surface area contributed by atoms with Gasteiger partial charge in [-0.15, -0.1) is 5.10 Å². The Morgan fingerprint density at radius 1 is 1.17 bits per heavy atom. The Labute approximate surface area is 211 Å². The fraction of sp³-hybridized carbons (Fsp3) is 0.320. The van der Waals surface area contributed by atoms with Crippen molar-refractivity contribution in [3.05, 3.63) is 74.8 Å². The number of carbonyl (C=O) groups is 1. The van der Waals surface area contributed by atoms with Gasteiger partial charge in [-0.3, -0.25) is 9.59 Å². The van der Waals surface area contributed by atoms with Crippen molar-refractivity contribution in [3.63, 3.8) is 0 Å². The summed E-state index contributed by atoms with van der Waals surface area (Å²) in [5, 5.41) is 8.75. The number of aromatic nitrogens is 5. The Morgan fingerprint density at radius 2 is 1.97 bits per heavy atom. The molecule has 2 aromatic carbocycles. The largest absolute Gasteiger partial charge is 0.493 e. The molecule has 1 saturated heterocycles. The topological polar surface area (TPSA) is 115 Å². The quantitative estimate of drug-likeness (QED) is 0.425. The molecule has 0 spiro atoms. The predicted octanol–water partition coefficient (Wildman–Crippen LogP) is 3.25. The molecule has 1 fully saturated rings. The van der Waals surface area contributed by atoms with Crippen molar-refractivity contribution in [1.29, 1.82) is 0 Å². The first-order valence-corrected chi connectivity index (χ1v) is 11.9. The Bertz CT molecular complexity index is 1480. The number of hydrogen-bond acceptors (Lipinski definition) is 7. The standard InChI is InChI=1S/C25H25ClN6O4/c1-35-19-10-9-15(12-20(19)36-2)25(34)31-11-5-7-17(13-31)22-27-23-21(24(33)28-22)29-30-32(23)14-16-6-3-4-8-18(16)26/h3-4,6,8-10,12,17H,5,7,11,13-14H2,1-2H3,(H,27,28,33)/t17-/m0/s1. The molecule has 0 saturated carbocycles. The molecule has 1 aliphatic heterocycles. The molecule has 11 heteroatoms. The van der Waals surface area contributed by atoms with Crippen LogP contribution in [0.2, 0.25) is 5.02 Å². The number of H-pyrrole nitrogens is 1. The summed E-state index contributed by atoms with van der Waals surface area (Å²) in [5.74, 6) is 1.31. The zero-order valence-corrected chi connectivity index (χ0v) is 20.7. The number of fused-ring (bicyclic) bond motifs is 1. The second-order valence-corrected chi connectivity index (χ2v) is 9.03. The number of nitrogens with one attached hydrogen (secondary N) is 1. The van der Waals surface area contributed by atoms with Crippen molar-refractivity contribution in [2.24, 2.45) is 0 Å². The Balaban J connectivity index is 1.41. The summed E-state index contributed by atoms with van der Waals surface area (Å²) in [6.07, 6.45) is 1.57. The summed E-state index contributed by atoms with van der Waals surface area (Å²) in [6, 6.07) is 12.5. The third-order valence-electron chi connectivity index (χ3n) is 6.40. The van der Waals surface area contributed by atoms with Crippen LogP contribution < -0.4 is 15.0 Å². The third kappa shape index (κ3) is 4.51. The third-order valence-corrected chi connectivity index (χ3v) is 6.76. The Kier molecular flexibility index (Phi) is 6.60. The lowest BCUT2D eigenvalue weighted by Crippen LogP contribution is -2.40. The lowest BCUT2D eigenvalue weighted by atomic mass is 9.96. The van der Waals surface area contributed by atoms with E-state index >= 15 is 0 Å². The second-order valence-electron chi connectivity index (χ2n) is 8.62. The Hall–Kier alpha value is -3.92. The number of hydrogen-bond donors (Lipinski definition) is 1. The van der Waals surface area contributed by atoms with E-state index in [2.05, 4.69) is 15.3 Å². The van der Waals surface area contributed by atoms with Gasteiger partial charge in [0.25, 0.3) is 11.5 Å². The number of aromatic amines is 1. The van der Waals surface area contributed by atoms with E-state index in [0.29, 0.717) is 53.2 Å². The maximum absolute atomic E-state index is 13.3. The van der Waals surface area contributed by atoms with E-state index in [-0.39, 0.29) is 22.9 Å². The number of carbonyl (C=O) groups excluding carboxylic acids is 1. The van der Waals surface area contributed by atoms with E-state index in [1.807, 2.05) is 18.2 Å². The van der Waals surface area contributed by atoms with Gasteiger partial charge in [0, 0.05) is 29.6 Å². The highest BCUT2D eigenvalue weighted by molar-refractivity contribution is 6.31. The average Bonchev–Trinajstić information content (AvgIpc) is 3.32. The highest BCUT2D eigenvalue weighted by Gasteiger charge is 2.28. The summed E-state index contributed by atoms with van der Waals surface area (Å²) in [4.78, 5) is 35.4. The van der Waals surface area contributed by atoms with E-state index in [1.54, 1.807) is 41.0 Å². The molecule has 0 aliphatic carbocycles. The molecule has 4 aromatic rings. The van der Waals surface area contributed by atoms with Crippen molar-refractivity contribution < 1.29 is 14.3 Å². The molecule has 2 aromatic heterocycles. The minimum absolute atomic E-state index is 0.116. The molecule has 1 amide bonds. The van der Waals surface area contributed by atoms with Crippen LogP contribution in [-0.2, 0) is 6.54 Å². The van der Waals surface area contributed by atoms with Crippen molar-refractivity contribution in [2.75, 3.05) is 27.3 Å². The minimum Gasteiger partial charge on any atom is -0.493 e. The van der Waals surface area contributed by atoms with Crippen LogP contribution in [0.15, 0.2) is 47.3 Å². The summed E-state index contributed by atoms with van der Waals surface area (Å²) in [6.45, 7) is 1.37. The molecule has 0 unspecified atom stereocenters. The van der Waals surface area contributed by atoms with Gasteiger partial charge in [0.15, 0.2) is 22.7 Å². The molecule has 186 valence electrons. The smallest absolute Gasteiger partial charge is 0.281 e. The first-order chi connectivity index (χ1) is 17.5. The molecule has 1 aliphatic rings. The van der Waals surface area contributed by atoms with Crippen molar-refractivity contribution in [1.82, 2.24) is 29.9 Å². The van der Waals surface area contributed by atoms with Crippen LogP contribution in [0.25, 0.3) is 11.2 Å². The van der Waals surface area contributed by atoms with Gasteiger partial charge in [0.1, 0.15) is 5.82 Å². The lowest BCUT2D eigenvalue weighted by Gasteiger charge is -2.32. The van der Waals surface area contributed by atoms with Gasteiger partial charge < -0.3 is 19.4 Å². The van der Waals surface area contributed by atoms with Crippen molar-refractivity contribution in [2.45, 2.75) is 25.3 Å². The van der Waals surface area contributed by atoms with Crippen molar-refractivity contribution >= 4 is 28.7 Å². The molecule has 1 atom stereocenters. The number of methoxy groups -OCH3 is 2. The normalized spacial score (nSPS) is 15.8. The first-order valence-electron chi connectivity index (χ1n) is 11.6. The Morgan fingerprint density at radius 3 is 2.75 bits per heavy atom. The SMILES string of the molecule is COc1ccc(C(=O)N2CCC[C@H](c3nc4c(nnn4Cc4ccccc4Cl)c(=O)[nH]3)C2)cc1OC. The van der Waals surface area contributed by atoms with E-state index in [0.717, 1.165) is 18.4 Å². The van der Waals surface area contributed by atoms with E-state index in [4.69, 9.17) is 26.1 Å². The number of ether oxygens (including phenoxy) is 2. The molecule has 0 radical (unpaired) electrons. The molecule has 5 rings (SSSR count). The van der Waals surface area contributed by atoms with Crippen LogP contribution in [0.3, 0.4) is 0 Å².